The van der Waals surface area contributed by atoms with E-state index in [4.69, 9.17) is 0 Å². The van der Waals surface area contributed by atoms with Crippen LogP contribution in [0.2, 0.25) is 0 Å². The Kier molecular flexibility index (Phi) is 7.00. The van der Waals surface area contributed by atoms with Gasteiger partial charge in [0.05, 0.1) is 6.26 Å². The molecule has 142 valence electrons. The van der Waals surface area contributed by atoms with Gasteiger partial charge in [-0.05, 0) is 32.6 Å². The molecule has 1 N–H and O–H groups in total. The Bertz CT molecular complexity index is 567. The highest BCUT2D eigenvalue weighted by Gasteiger charge is 2.53. The van der Waals surface area contributed by atoms with E-state index in [0.717, 1.165) is 31.9 Å². The minimum Gasteiger partial charge on any atom is -0.356 e. The zero-order valence-electron chi connectivity index (χ0n) is 15.8. The molecule has 0 aliphatic carbocycles. The molecule has 2 heterocycles. The molecule has 0 saturated carbocycles. The monoisotopic (exact) mass is 472 g/mol. The van der Waals surface area contributed by atoms with Crippen molar-refractivity contribution in [2.24, 2.45) is 16.3 Å². The highest BCUT2D eigenvalue weighted by atomic mass is 127. The number of aliphatic imine (C=N–C) groups is 1. The summed E-state index contributed by atoms with van der Waals surface area (Å²) in [6.45, 7) is 12.2. The van der Waals surface area contributed by atoms with Gasteiger partial charge in [0.15, 0.2) is 5.96 Å². The number of rotatable bonds is 3. The Morgan fingerprint density at radius 1 is 1.21 bits per heavy atom. The van der Waals surface area contributed by atoms with Gasteiger partial charge in [-0.1, -0.05) is 13.8 Å². The molecule has 0 radical (unpaired) electrons. The Balaban J connectivity index is 0.00000288. The molecule has 0 aromatic rings. The summed E-state index contributed by atoms with van der Waals surface area (Å²) in [4.78, 5) is 6.77. The van der Waals surface area contributed by atoms with Gasteiger partial charge in [0.25, 0.3) is 0 Å². The molecular formula is C16H33IN4O2S. The van der Waals surface area contributed by atoms with Gasteiger partial charge in [-0.15, -0.1) is 24.0 Å². The lowest BCUT2D eigenvalue weighted by Crippen LogP contribution is -2.72. The van der Waals surface area contributed by atoms with Crippen LogP contribution in [0.15, 0.2) is 4.99 Å². The predicted octanol–water partition coefficient (Wildman–Crippen LogP) is 1.97. The lowest BCUT2D eigenvalue weighted by Gasteiger charge is -2.62. The summed E-state index contributed by atoms with van der Waals surface area (Å²) >= 11 is 0. The number of nitrogens with zero attached hydrogens (tertiary/aromatic N) is 3. The van der Waals surface area contributed by atoms with Crippen LogP contribution in [0.3, 0.4) is 0 Å². The van der Waals surface area contributed by atoms with E-state index < -0.39 is 10.0 Å². The number of halogens is 1. The first kappa shape index (κ1) is 22.0. The van der Waals surface area contributed by atoms with Crippen molar-refractivity contribution in [3.8, 4) is 0 Å². The van der Waals surface area contributed by atoms with Gasteiger partial charge in [-0.3, -0.25) is 4.99 Å². The van der Waals surface area contributed by atoms with Crippen molar-refractivity contribution in [1.29, 1.82) is 0 Å². The van der Waals surface area contributed by atoms with E-state index in [1.54, 1.807) is 4.31 Å². The van der Waals surface area contributed by atoms with Crippen molar-refractivity contribution < 1.29 is 8.42 Å². The molecule has 0 aromatic heterocycles. The van der Waals surface area contributed by atoms with Crippen LogP contribution in [0.25, 0.3) is 0 Å². The number of hydrogen-bond donors (Lipinski definition) is 1. The molecule has 24 heavy (non-hydrogen) atoms. The first-order chi connectivity index (χ1) is 10.5. The quantitative estimate of drug-likeness (QED) is 0.388. The van der Waals surface area contributed by atoms with E-state index in [2.05, 4.69) is 42.9 Å². The molecule has 2 fully saturated rings. The number of guanidine groups is 1. The highest BCUT2D eigenvalue weighted by Crippen LogP contribution is 2.46. The molecule has 8 heteroatoms. The van der Waals surface area contributed by atoms with E-state index >= 15 is 0 Å². The molecule has 6 nitrogen and oxygen atoms in total. The maximum atomic E-state index is 11.6. The average Bonchev–Trinajstić information content (AvgIpc) is 2.46. The average molecular weight is 472 g/mol. The fourth-order valence-corrected chi connectivity index (χ4v) is 4.25. The second-order valence-electron chi connectivity index (χ2n) is 8.06. The SMILES string of the molecule is CN=C(NCC1CCN(S(C)(=O)=O)CC1)N1CC(C)(C)C1(C)C.I. The van der Waals surface area contributed by atoms with Crippen LogP contribution in [-0.4, -0.2) is 68.6 Å². The van der Waals surface area contributed by atoms with Gasteiger partial charge in [0, 0.05) is 44.2 Å². The highest BCUT2D eigenvalue weighted by molar-refractivity contribution is 14.0. The molecule has 2 aliphatic rings. The maximum absolute atomic E-state index is 11.6. The Labute approximate surface area is 164 Å². The van der Waals surface area contributed by atoms with Crippen molar-refractivity contribution in [1.82, 2.24) is 14.5 Å². The van der Waals surface area contributed by atoms with E-state index in [0.29, 0.717) is 19.0 Å². The van der Waals surface area contributed by atoms with Crippen molar-refractivity contribution >= 4 is 40.0 Å². The van der Waals surface area contributed by atoms with E-state index in [-0.39, 0.29) is 34.9 Å². The minimum atomic E-state index is -3.04. The number of likely N-dealkylation sites (tertiary alicyclic amines) is 1. The topological polar surface area (TPSA) is 65.0 Å². The standard InChI is InChI=1S/C16H32N4O2S.HI/c1-15(2)12-20(16(15,3)4)14(17-5)18-11-13-7-9-19(10-8-13)23(6,21)22;/h13H,7-12H2,1-6H3,(H,17,18);1H. The third-order valence-electron chi connectivity index (χ3n) is 5.94. The van der Waals surface area contributed by atoms with E-state index in [1.807, 2.05) is 7.05 Å². The molecule has 2 aliphatic heterocycles. The summed E-state index contributed by atoms with van der Waals surface area (Å²) in [6.07, 6.45) is 3.11. The third kappa shape index (κ3) is 4.35. The molecule has 2 rings (SSSR count). The summed E-state index contributed by atoms with van der Waals surface area (Å²) in [5, 5.41) is 3.50. The third-order valence-corrected chi connectivity index (χ3v) is 7.25. The van der Waals surface area contributed by atoms with Crippen molar-refractivity contribution in [2.45, 2.75) is 46.1 Å². The zero-order chi connectivity index (χ0) is 17.5. The molecule has 0 spiro atoms. The Hall–Kier alpha value is -0.0900. The maximum Gasteiger partial charge on any atom is 0.211 e. The van der Waals surface area contributed by atoms with E-state index in [1.165, 1.54) is 6.26 Å². The molecule has 0 bridgehead atoms. The first-order valence-corrected chi connectivity index (χ1v) is 10.3. The van der Waals surface area contributed by atoms with Crippen LogP contribution in [-0.2, 0) is 10.0 Å². The lowest BCUT2D eigenvalue weighted by molar-refractivity contribution is -0.0668. The van der Waals surface area contributed by atoms with Gasteiger partial charge in [-0.25, -0.2) is 12.7 Å². The lowest BCUT2D eigenvalue weighted by atomic mass is 9.65. The number of piperidine rings is 1. The zero-order valence-corrected chi connectivity index (χ0v) is 18.9. The Morgan fingerprint density at radius 3 is 2.12 bits per heavy atom. The van der Waals surface area contributed by atoms with Crippen LogP contribution >= 0.6 is 24.0 Å². The van der Waals surface area contributed by atoms with Crippen LogP contribution in [0.4, 0.5) is 0 Å². The molecule has 0 unspecified atom stereocenters. The first-order valence-electron chi connectivity index (χ1n) is 8.42. The number of sulfonamides is 1. The summed E-state index contributed by atoms with van der Waals surface area (Å²) in [7, 11) is -1.21. The molecule has 0 amide bonds. The van der Waals surface area contributed by atoms with Crippen LogP contribution < -0.4 is 5.32 Å². The normalized spacial score (nSPS) is 24.9. The van der Waals surface area contributed by atoms with Gasteiger partial charge >= 0.3 is 0 Å². The molecule has 0 aromatic carbocycles. The summed E-state index contributed by atoms with van der Waals surface area (Å²) < 4.78 is 24.7. The van der Waals surface area contributed by atoms with Gasteiger partial charge < -0.3 is 10.2 Å². The minimum absolute atomic E-state index is 0. The summed E-state index contributed by atoms with van der Waals surface area (Å²) in [6, 6.07) is 0. The van der Waals surface area contributed by atoms with E-state index in [9.17, 15) is 8.42 Å². The Morgan fingerprint density at radius 2 is 1.75 bits per heavy atom. The largest absolute Gasteiger partial charge is 0.356 e. The number of hydrogen-bond acceptors (Lipinski definition) is 3. The second-order valence-corrected chi connectivity index (χ2v) is 10.0. The fourth-order valence-electron chi connectivity index (χ4n) is 3.38. The second kappa shape index (κ2) is 7.65. The number of nitrogens with one attached hydrogen (secondary N) is 1. The molecular weight excluding hydrogens is 439 g/mol. The van der Waals surface area contributed by atoms with Gasteiger partial charge in [-0.2, -0.15) is 0 Å². The van der Waals surface area contributed by atoms with Crippen LogP contribution in [0.5, 0.6) is 0 Å². The smallest absolute Gasteiger partial charge is 0.211 e. The van der Waals surface area contributed by atoms with Crippen LogP contribution in [0.1, 0.15) is 40.5 Å². The molecule has 2 saturated heterocycles. The summed E-state index contributed by atoms with van der Waals surface area (Å²) in [5.74, 6) is 1.46. The van der Waals surface area contributed by atoms with Crippen molar-refractivity contribution in [3.63, 3.8) is 0 Å². The van der Waals surface area contributed by atoms with Gasteiger partial charge in [0.1, 0.15) is 0 Å². The predicted molar refractivity (Wildman–Crippen MR) is 110 cm³/mol. The summed E-state index contributed by atoms with van der Waals surface area (Å²) in [5.41, 5.74) is 0.375. The van der Waals surface area contributed by atoms with Crippen molar-refractivity contribution in [2.75, 3.05) is 39.5 Å². The molecule has 0 atom stereocenters. The van der Waals surface area contributed by atoms with Crippen molar-refractivity contribution in [3.05, 3.63) is 0 Å². The van der Waals surface area contributed by atoms with Gasteiger partial charge in [0.2, 0.25) is 10.0 Å². The fraction of sp³-hybridized carbons (Fsp3) is 0.938. The van der Waals surface area contributed by atoms with Crippen LogP contribution in [0, 0.1) is 11.3 Å².